The lowest BCUT2D eigenvalue weighted by Gasteiger charge is -2.41. The Balaban J connectivity index is 1.15. The third-order valence-corrected chi connectivity index (χ3v) is 8.80. The van der Waals surface area contributed by atoms with Crippen molar-refractivity contribution in [2.24, 2.45) is 5.41 Å². The minimum absolute atomic E-state index is 0.0282. The number of nitrogens with one attached hydrogen (secondary N) is 5. The van der Waals surface area contributed by atoms with Crippen LogP contribution in [0.2, 0.25) is 0 Å². The van der Waals surface area contributed by atoms with Gasteiger partial charge in [0.2, 0.25) is 17.8 Å². The van der Waals surface area contributed by atoms with Gasteiger partial charge >= 0.3 is 5.97 Å². The molecule has 1 aromatic carbocycles. The minimum atomic E-state index is -1.33. The molecule has 56 heavy (non-hydrogen) atoms. The summed E-state index contributed by atoms with van der Waals surface area (Å²) in [5.74, 6) is -4.84. The summed E-state index contributed by atoms with van der Waals surface area (Å²) in [6, 6.07) is 4.90. The van der Waals surface area contributed by atoms with Crippen molar-refractivity contribution in [3.05, 3.63) is 64.2 Å². The van der Waals surface area contributed by atoms with E-state index < -0.39 is 52.4 Å². The number of hydrogen-bond donors (Lipinski definition) is 7. The molecule has 2 atom stereocenters. The van der Waals surface area contributed by atoms with Crippen LogP contribution in [-0.2, 0) is 40.0 Å². The SMILES string of the molecule is CC(C)(C)C(C)(OCCNC(=O)CC[C@H](NC(=O)c1ccc(NCc2cnc3nc(N)[nH]c(=O)c3n2)cc1)C(=O)O)OCCNC(=O)CCN1C(=O)C=CC1=O. The molecule has 0 fully saturated rings. The summed E-state index contributed by atoms with van der Waals surface area (Å²) in [6.45, 7) is 8.01. The van der Waals surface area contributed by atoms with Gasteiger partial charge in [-0.05, 0) is 37.6 Å². The highest BCUT2D eigenvalue weighted by atomic mass is 16.7. The molecule has 8 N–H and O–H groups in total. The summed E-state index contributed by atoms with van der Waals surface area (Å²) in [5, 5.41) is 20.6. The molecule has 300 valence electrons. The number of H-pyrrole nitrogens is 1. The summed E-state index contributed by atoms with van der Waals surface area (Å²) < 4.78 is 12.0. The highest BCUT2D eigenvalue weighted by Crippen LogP contribution is 2.34. The van der Waals surface area contributed by atoms with Crippen LogP contribution < -0.4 is 32.6 Å². The normalized spacial score (nSPS) is 14.3. The largest absolute Gasteiger partial charge is 0.480 e. The van der Waals surface area contributed by atoms with E-state index in [-0.39, 0.29) is 87.2 Å². The van der Waals surface area contributed by atoms with Gasteiger partial charge in [0, 0.05) is 61.3 Å². The molecule has 0 spiro atoms. The van der Waals surface area contributed by atoms with Gasteiger partial charge in [-0.3, -0.25) is 38.7 Å². The second-order valence-corrected chi connectivity index (χ2v) is 13.8. The predicted octanol–water partition coefficient (Wildman–Crippen LogP) is 0.214. The molecular formula is C36H46N10O10. The van der Waals surface area contributed by atoms with Crippen molar-refractivity contribution in [2.45, 2.75) is 65.3 Å². The number of imide groups is 1. The quantitative estimate of drug-likeness (QED) is 0.0459. The zero-order valence-electron chi connectivity index (χ0n) is 31.5. The number of carbonyl (C=O) groups is 6. The molecule has 3 heterocycles. The van der Waals surface area contributed by atoms with Gasteiger partial charge in [0.25, 0.3) is 23.3 Å². The third kappa shape index (κ3) is 11.9. The minimum Gasteiger partial charge on any atom is -0.480 e. The Bertz CT molecular complexity index is 2010. The molecule has 0 saturated heterocycles. The van der Waals surface area contributed by atoms with Crippen molar-refractivity contribution in [3.63, 3.8) is 0 Å². The number of aliphatic carboxylic acids is 1. The molecule has 20 heteroatoms. The number of benzene rings is 1. The molecule has 0 bridgehead atoms. The number of carboxylic acids is 1. The van der Waals surface area contributed by atoms with Crippen LogP contribution in [0, 0.1) is 5.41 Å². The first-order chi connectivity index (χ1) is 26.5. The van der Waals surface area contributed by atoms with E-state index >= 15 is 0 Å². The third-order valence-electron chi connectivity index (χ3n) is 8.80. The number of anilines is 2. The Morgan fingerprint density at radius 1 is 0.911 bits per heavy atom. The van der Waals surface area contributed by atoms with E-state index in [1.165, 1.54) is 18.3 Å². The summed E-state index contributed by atoms with van der Waals surface area (Å²) in [7, 11) is 0. The zero-order valence-corrected chi connectivity index (χ0v) is 31.5. The van der Waals surface area contributed by atoms with Crippen LogP contribution in [0.5, 0.6) is 0 Å². The second kappa shape index (κ2) is 18.8. The van der Waals surface area contributed by atoms with Crippen LogP contribution in [0.4, 0.5) is 11.6 Å². The van der Waals surface area contributed by atoms with E-state index in [9.17, 15) is 38.7 Å². The van der Waals surface area contributed by atoms with Crippen LogP contribution in [-0.4, -0.2) is 110 Å². The summed E-state index contributed by atoms with van der Waals surface area (Å²) in [6.07, 6.45) is 3.36. The van der Waals surface area contributed by atoms with E-state index in [0.29, 0.717) is 11.4 Å². The number of aromatic amines is 1. The lowest BCUT2D eigenvalue weighted by Crippen LogP contribution is -2.48. The molecule has 3 aromatic rings. The Labute approximate surface area is 321 Å². The molecule has 4 rings (SSSR count). The first kappa shape index (κ1) is 42.5. The predicted molar refractivity (Wildman–Crippen MR) is 201 cm³/mol. The van der Waals surface area contributed by atoms with Gasteiger partial charge < -0.3 is 41.6 Å². The molecule has 1 aliphatic rings. The summed E-state index contributed by atoms with van der Waals surface area (Å²) >= 11 is 0. The number of aromatic nitrogens is 4. The van der Waals surface area contributed by atoms with Crippen LogP contribution >= 0.6 is 0 Å². The maximum atomic E-state index is 12.9. The molecule has 20 nitrogen and oxygen atoms in total. The van der Waals surface area contributed by atoms with Gasteiger partial charge in [-0.1, -0.05) is 20.8 Å². The highest BCUT2D eigenvalue weighted by Gasteiger charge is 2.39. The van der Waals surface area contributed by atoms with Gasteiger partial charge in [-0.25, -0.2) is 14.8 Å². The molecule has 1 aliphatic heterocycles. The summed E-state index contributed by atoms with van der Waals surface area (Å²) in [5.41, 5.74) is 5.92. The molecule has 1 unspecified atom stereocenters. The van der Waals surface area contributed by atoms with Crippen LogP contribution in [0.15, 0.2) is 47.4 Å². The van der Waals surface area contributed by atoms with Crippen molar-refractivity contribution in [3.8, 4) is 0 Å². The fourth-order valence-electron chi connectivity index (χ4n) is 5.15. The van der Waals surface area contributed by atoms with Crippen molar-refractivity contribution in [2.75, 3.05) is 43.9 Å². The van der Waals surface area contributed by atoms with Crippen LogP contribution in [0.1, 0.15) is 63.0 Å². The molecule has 0 aliphatic carbocycles. The van der Waals surface area contributed by atoms with Gasteiger partial charge in [0.15, 0.2) is 17.0 Å². The van der Waals surface area contributed by atoms with Crippen molar-refractivity contribution in [1.82, 2.24) is 40.8 Å². The van der Waals surface area contributed by atoms with E-state index in [0.717, 1.165) is 17.1 Å². The number of fused-ring (bicyclic) bond motifs is 1. The van der Waals surface area contributed by atoms with Crippen molar-refractivity contribution < 1.29 is 43.3 Å². The smallest absolute Gasteiger partial charge is 0.326 e. The molecule has 0 saturated carbocycles. The number of carbonyl (C=O) groups excluding carboxylic acids is 5. The van der Waals surface area contributed by atoms with Gasteiger partial charge in [-0.2, -0.15) is 4.98 Å². The second-order valence-electron chi connectivity index (χ2n) is 13.8. The average molecular weight is 779 g/mol. The fourth-order valence-corrected chi connectivity index (χ4v) is 5.15. The van der Waals surface area contributed by atoms with Gasteiger partial charge in [0.05, 0.1) is 31.6 Å². The van der Waals surface area contributed by atoms with Gasteiger partial charge in [0.1, 0.15) is 6.04 Å². The number of carboxylic acid groups (broad SMARTS) is 1. The highest BCUT2D eigenvalue weighted by molar-refractivity contribution is 6.13. The van der Waals surface area contributed by atoms with Crippen LogP contribution in [0.25, 0.3) is 11.2 Å². The van der Waals surface area contributed by atoms with Crippen LogP contribution in [0.3, 0.4) is 0 Å². The summed E-state index contributed by atoms with van der Waals surface area (Å²) in [4.78, 5) is 101. The standard InChI is InChI=1S/C36H46N10O10/c1-35(2,3)36(4,56-18-15-39-26(48)13-16-46-27(49)11-12-28(46)50)55-17-14-38-25(47)10-9-24(33(53)54)43-31(51)21-5-7-22(8-6-21)40-19-23-20-41-30-29(42-23)32(52)45-34(37)44-30/h5-8,11-12,20,24,40H,9-10,13-19H2,1-4H3,(H,38,47)(H,39,48)(H,43,51)(H,53,54)(H3,37,41,44,45,52)/t24-,36?/m0/s1. The van der Waals surface area contributed by atoms with E-state index in [1.807, 2.05) is 20.8 Å². The number of ether oxygens (including phenoxy) is 2. The Hall–Kier alpha value is -6.28. The Morgan fingerprint density at radius 2 is 1.52 bits per heavy atom. The fraction of sp³-hybridized carbons (Fsp3) is 0.444. The van der Waals surface area contributed by atoms with Crippen molar-refractivity contribution >= 4 is 58.3 Å². The molecular weight excluding hydrogens is 732 g/mol. The maximum absolute atomic E-state index is 12.9. The first-order valence-corrected chi connectivity index (χ1v) is 17.7. The number of nitrogens with two attached hydrogens (primary N) is 1. The van der Waals surface area contributed by atoms with Gasteiger partial charge in [-0.15, -0.1) is 0 Å². The van der Waals surface area contributed by atoms with E-state index in [2.05, 4.69) is 41.2 Å². The monoisotopic (exact) mass is 778 g/mol. The number of rotatable bonds is 20. The Kier molecular flexibility index (Phi) is 14.3. The molecule has 5 amide bonds. The lowest BCUT2D eigenvalue weighted by molar-refractivity contribution is -0.276. The zero-order chi connectivity index (χ0) is 41.0. The number of amides is 5. The molecule has 0 radical (unpaired) electrons. The maximum Gasteiger partial charge on any atom is 0.326 e. The Morgan fingerprint density at radius 3 is 2.11 bits per heavy atom. The van der Waals surface area contributed by atoms with Crippen molar-refractivity contribution in [1.29, 1.82) is 0 Å². The lowest BCUT2D eigenvalue weighted by atomic mass is 9.86. The number of nitrogen functional groups attached to an aromatic ring is 1. The number of nitrogens with zero attached hydrogens (tertiary/aromatic N) is 4. The topological polar surface area (TPSA) is 290 Å². The first-order valence-electron chi connectivity index (χ1n) is 17.7. The van der Waals surface area contributed by atoms with E-state index in [1.54, 1.807) is 19.1 Å². The van der Waals surface area contributed by atoms with E-state index in [4.69, 9.17) is 15.2 Å². The number of hydrogen-bond acceptors (Lipinski definition) is 14. The average Bonchev–Trinajstić information content (AvgIpc) is 3.47. The molecule has 2 aromatic heterocycles.